The number of hydrogen-bond acceptors (Lipinski definition) is 3. The van der Waals surface area contributed by atoms with Gasteiger partial charge in [0.15, 0.2) is 0 Å². The van der Waals surface area contributed by atoms with Crippen LogP contribution in [0, 0.1) is 5.92 Å². The van der Waals surface area contributed by atoms with E-state index in [0.29, 0.717) is 17.6 Å². The molecule has 1 unspecified atom stereocenters. The number of methoxy groups -OCH3 is 1. The summed E-state index contributed by atoms with van der Waals surface area (Å²) in [7, 11) is 1.65. The van der Waals surface area contributed by atoms with E-state index in [4.69, 9.17) is 16.3 Å². The fraction of sp³-hybridized carbons (Fsp3) is 0.562. The fourth-order valence-electron chi connectivity index (χ4n) is 2.72. The summed E-state index contributed by atoms with van der Waals surface area (Å²) in [5, 5.41) is 7.06. The SMILES string of the molecule is COC(CNC(=O)[C@H]1CCN[C@@H](C)C1)c1ccc(Cl)cc1.Cl. The quantitative estimate of drug-likeness (QED) is 0.861. The van der Waals surface area contributed by atoms with Gasteiger partial charge < -0.3 is 15.4 Å². The van der Waals surface area contributed by atoms with Crippen molar-refractivity contribution in [2.75, 3.05) is 20.2 Å². The molecule has 0 radical (unpaired) electrons. The Bertz CT molecular complexity index is 468. The molecule has 124 valence electrons. The van der Waals surface area contributed by atoms with E-state index >= 15 is 0 Å². The topological polar surface area (TPSA) is 50.4 Å². The largest absolute Gasteiger partial charge is 0.375 e. The first-order chi connectivity index (χ1) is 10.1. The standard InChI is InChI=1S/C16H23ClN2O2.ClH/c1-11-9-13(7-8-18-11)16(20)19-10-15(21-2)12-3-5-14(17)6-4-12;/h3-6,11,13,15,18H,7-10H2,1-2H3,(H,19,20);1H/t11-,13-,15?;/m0./s1. The lowest BCUT2D eigenvalue weighted by atomic mass is 9.92. The highest BCUT2D eigenvalue weighted by Crippen LogP contribution is 2.20. The molecule has 0 spiro atoms. The first-order valence-corrected chi connectivity index (χ1v) is 7.77. The summed E-state index contributed by atoms with van der Waals surface area (Å²) in [6.45, 7) is 3.50. The number of hydrogen-bond donors (Lipinski definition) is 2. The summed E-state index contributed by atoms with van der Waals surface area (Å²) in [6, 6.07) is 7.92. The summed E-state index contributed by atoms with van der Waals surface area (Å²) in [5.41, 5.74) is 1.01. The summed E-state index contributed by atoms with van der Waals surface area (Å²) in [4.78, 5) is 12.2. The molecule has 0 aliphatic carbocycles. The molecule has 2 N–H and O–H groups in total. The Balaban J connectivity index is 0.00000242. The predicted octanol–water partition coefficient (Wildman–Crippen LogP) is 2.95. The lowest BCUT2D eigenvalue weighted by Gasteiger charge is -2.27. The number of amides is 1. The Kier molecular flexibility index (Phi) is 8.18. The number of carbonyl (C=O) groups is 1. The molecular weight excluding hydrogens is 323 g/mol. The molecule has 1 aliphatic heterocycles. The zero-order chi connectivity index (χ0) is 15.2. The number of benzene rings is 1. The molecule has 1 aliphatic rings. The maximum atomic E-state index is 12.2. The second-order valence-corrected chi connectivity index (χ2v) is 6.03. The van der Waals surface area contributed by atoms with Crippen molar-refractivity contribution in [3.8, 4) is 0 Å². The zero-order valence-electron chi connectivity index (χ0n) is 13.0. The molecule has 2 rings (SSSR count). The van der Waals surface area contributed by atoms with Gasteiger partial charge in [-0.15, -0.1) is 12.4 Å². The van der Waals surface area contributed by atoms with Gasteiger partial charge in [0.25, 0.3) is 0 Å². The van der Waals surface area contributed by atoms with E-state index in [1.807, 2.05) is 24.3 Å². The minimum Gasteiger partial charge on any atom is -0.375 e. The summed E-state index contributed by atoms with van der Waals surface area (Å²) < 4.78 is 5.46. The normalized spacial score (nSPS) is 22.5. The number of halogens is 2. The smallest absolute Gasteiger partial charge is 0.223 e. The van der Waals surface area contributed by atoms with Crippen molar-refractivity contribution in [3.05, 3.63) is 34.9 Å². The highest BCUT2D eigenvalue weighted by atomic mass is 35.5. The van der Waals surface area contributed by atoms with Crippen molar-refractivity contribution in [2.24, 2.45) is 5.92 Å². The van der Waals surface area contributed by atoms with E-state index in [-0.39, 0.29) is 30.3 Å². The Morgan fingerprint density at radius 3 is 2.73 bits per heavy atom. The van der Waals surface area contributed by atoms with Crippen LogP contribution >= 0.6 is 24.0 Å². The van der Waals surface area contributed by atoms with Gasteiger partial charge in [-0.05, 0) is 44.0 Å². The highest BCUT2D eigenvalue weighted by Gasteiger charge is 2.25. The van der Waals surface area contributed by atoms with Crippen molar-refractivity contribution in [3.63, 3.8) is 0 Å². The van der Waals surface area contributed by atoms with Gasteiger partial charge in [0.05, 0.1) is 6.10 Å². The van der Waals surface area contributed by atoms with Crippen LogP contribution in [-0.4, -0.2) is 32.1 Å². The molecule has 4 nitrogen and oxygen atoms in total. The maximum absolute atomic E-state index is 12.2. The zero-order valence-corrected chi connectivity index (χ0v) is 14.5. The number of rotatable bonds is 5. The van der Waals surface area contributed by atoms with E-state index in [2.05, 4.69) is 17.6 Å². The molecule has 0 bridgehead atoms. The van der Waals surface area contributed by atoms with Crippen LogP contribution in [0.4, 0.5) is 0 Å². The van der Waals surface area contributed by atoms with Gasteiger partial charge in [0.1, 0.15) is 0 Å². The molecular formula is C16H24Cl2N2O2. The maximum Gasteiger partial charge on any atom is 0.223 e. The van der Waals surface area contributed by atoms with Crippen molar-refractivity contribution < 1.29 is 9.53 Å². The third-order valence-corrected chi connectivity index (χ3v) is 4.23. The number of carbonyl (C=O) groups excluding carboxylic acids is 1. The molecule has 1 saturated heterocycles. The molecule has 1 fully saturated rings. The molecule has 1 amide bonds. The molecule has 22 heavy (non-hydrogen) atoms. The van der Waals surface area contributed by atoms with Crippen LogP contribution in [0.2, 0.25) is 5.02 Å². The van der Waals surface area contributed by atoms with Gasteiger partial charge in [-0.25, -0.2) is 0 Å². The summed E-state index contributed by atoms with van der Waals surface area (Å²) in [5.74, 6) is 0.225. The van der Waals surface area contributed by atoms with Gasteiger partial charge in [0, 0.05) is 30.6 Å². The number of piperidine rings is 1. The Labute approximate surface area is 143 Å². The molecule has 0 saturated carbocycles. The molecule has 0 aromatic heterocycles. The van der Waals surface area contributed by atoms with E-state index < -0.39 is 0 Å². The predicted molar refractivity (Wildman–Crippen MR) is 91.6 cm³/mol. The molecule has 1 aromatic rings. The average Bonchev–Trinajstić information content (AvgIpc) is 2.49. The van der Waals surface area contributed by atoms with E-state index in [9.17, 15) is 4.79 Å². The van der Waals surface area contributed by atoms with Gasteiger partial charge in [-0.2, -0.15) is 0 Å². The fourth-order valence-corrected chi connectivity index (χ4v) is 2.85. The third-order valence-electron chi connectivity index (χ3n) is 3.98. The van der Waals surface area contributed by atoms with Crippen LogP contribution in [0.25, 0.3) is 0 Å². The summed E-state index contributed by atoms with van der Waals surface area (Å²) in [6.07, 6.45) is 1.64. The molecule has 1 heterocycles. The third kappa shape index (κ3) is 5.43. The number of ether oxygens (including phenoxy) is 1. The van der Waals surface area contributed by atoms with E-state index in [0.717, 1.165) is 24.9 Å². The Morgan fingerprint density at radius 1 is 1.45 bits per heavy atom. The van der Waals surface area contributed by atoms with E-state index in [1.54, 1.807) is 7.11 Å². The van der Waals surface area contributed by atoms with Gasteiger partial charge in [-0.3, -0.25) is 4.79 Å². The molecule has 6 heteroatoms. The van der Waals surface area contributed by atoms with Crippen LogP contribution < -0.4 is 10.6 Å². The van der Waals surface area contributed by atoms with Crippen molar-refractivity contribution in [2.45, 2.75) is 31.9 Å². The first kappa shape index (κ1) is 19.2. The summed E-state index contributed by atoms with van der Waals surface area (Å²) >= 11 is 5.89. The second-order valence-electron chi connectivity index (χ2n) is 5.60. The minimum atomic E-state index is -0.148. The van der Waals surface area contributed by atoms with Crippen LogP contribution in [0.3, 0.4) is 0 Å². The highest BCUT2D eigenvalue weighted by molar-refractivity contribution is 6.30. The van der Waals surface area contributed by atoms with Gasteiger partial charge >= 0.3 is 0 Å². The Morgan fingerprint density at radius 2 is 2.14 bits per heavy atom. The van der Waals surface area contributed by atoms with Gasteiger partial charge in [0.2, 0.25) is 5.91 Å². The molecule has 1 aromatic carbocycles. The monoisotopic (exact) mass is 346 g/mol. The van der Waals surface area contributed by atoms with Crippen molar-refractivity contribution >= 4 is 29.9 Å². The van der Waals surface area contributed by atoms with Crippen molar-refractivity contribution in [1.82, 2.24) is 10.6 Å². The van der Waals surface area contributed by atoms with Crippen LogP contribution in [0.5, 0.6) is 0 Å². The first-order valence-electron chi connectivity index (χ1n) is 7.39. The molecule has 3 atom stereocenters. The van der Waals surface area contributed by atoms with Crippen LogP contribution in [0.15, 0.2) is 24.3 Å². The number of nitrogens with one attached hydrogen (secondary N) is 2. The van der Waals surface area contributed by atoms with Gasteiger partial charge in [-0.1, -0.05) is 23.7 Å². The van der Waals surface area contributed by atoms with Crippen molar-refractivity contribution in [1.29, 1.82) is 0 Å². The average molecular weight is 347 g/mol. The lowest BCUT2D eigenvalue weighted by Crippen LogP contribution is -2.43. The van der Waals surface area contributed by atoms with Crippen LogP contribution in [-0.2, 0) is 9.53 Å². The van der Waals surface area contributed by atoms with E-state index in [1.165, 1.54) is 0 Å². The second kappa shape index (κ2) is 9.36. The van der Waals surface area contributed by atoms with Crippen LogP contribution in [0.1, 0.15) is 31.4 Å². The minimum absolute atomic E-state index is 0. The Hall–Kier alpha value is -0.810. The lowest BCUT2D eigenvalue weighted by molar-refractivity contribution is -0.126.